The van der Waals surface area contributed by atoms with Crippen molar-refractivity contribution in [2.75, 3.05) is 38.0 Å². The summed E-state index contributed by atoms with van der Waals surface area (Å²) in [5, 5.41) is 3.90. The maximum Gasteiger partial charge on any atom is 0.269 e. The highest BCUT2D eigenvalue weighted by molar-refractivity contribution is 9.10. The van der Waals surface area contributed by atoms with Crippen molar-refractivity contribution in [1.82, 2.24) is 5.16 Å². The van der Waals surface area contributed by atoms with Crippen molar-refractivity contribution < 1.29 is 27.2 Å². The van der Waals surface area contributed by atoms with Crippen LogP contribution < -0.4 is 9.04 Å². The topological polar surface area (TPSA) is 91.1 Å². The van der Waals surface area contributed by atoms with E-state index in [1.165, 1.54) is 6.07 Å². The van der Waals surface area contributed by atoms with Crippen LogP contribution in [0.4, 0.5) is 5.88 Å². The van der Waals surface area contributed by atoms with Crippen molar-refractivity contribution in [3.05, 3.63) is 69.8 Å². The zero-order chi connectivity index (χ0) is 23.8. The third kappa shape index (κ3) is 6.35. The van der Waals surface area contributed by atoms with Gasteiger partial charge >= 0.3 is 0 Å². The van der Waals surface area contributed by atoms with Crippen LogP contribution in [0.25, 0.3) is 0 Å². The fourth-order valence-electron chi connectivity index (χ4n) is 2.98. The lowest BCUT2D eigenvalue weighted by molar-refractivity contribution is 0.0744. The van der Waals surface area contributed by atoms with Crippen LogP contribution in [0.15, 0.2) is 62.4 Å². The molecule has 0 saturated carbocycles. The molecule has 0 aliphatic carbocycles. The molecule has 0 unspecified atom stereocenters. The number of benzene rings is 2. The average Bonchev–Trinajstić information content (AvgIpc) is 3.13. The standard InChI is InChI=1S/C23H27BrN2O6S/c1-17-18(2)25-32-23(17)26(16-30-14-13-29-3)33(27,28)22-15-20(9-10-21(22)24)31-12-11-19-7-5-4-6-8-19/h4-10,15H,11-14,16H2,1-3H3. The van der Waals surface area contributed by atoms with Crippen LogP contribution >= 0.6 is 15.9 Å². The van der Waals surface area contributed by atoms with Crippen LogP contribution in [-0.4, -0.2) is 47.2 Å². The van der Waals surface area contributed by atoms with E-state index in [1.807, 2.05) is 30.3 Å². The molecule has 3 aromatic rings. The van der Waals surface area contributed by atoms with Gasteiger partial charge in [0.05, 0.1) is 25.5 Å². The molecular formula is C23H27BrN2O6S. The van der Waals surface area contributed by atoms with Crippen molar-refractivity contribution in [3.8, 4) is 5.75 Å². The lowest BCUT2D eigenvalue weighted by Gasteiger charge is -2.23. The van der Waals surface area contributed by atoms with Gasteiger partial charge in [0.25, 0.3) is 10.0 Å². The summed E-state index contributed by atoms with van der Waals surface area (Å²) in [7, 11) is -2.53. The molecule has 1 heterocycles. The van der Waals surface area contributed by atoms with Gasteiger partial charge in [0, 0.05) is 29.6 Å². The highest BCUT2D eigenvalue weighted by atomic mass is 79.9. The van der Waals surface area contributed by atoms with Gasteiger partial charge < -0.3 is 18.7 Å². The number of halogens is 1. The number of hydrogen-bond donors (Lipinski definition) is 0. The molecule has 178 valence electrons. The number of methoxy groups -OCH3 is 1. The molecule has 3 rings (SSSR count). The summed E-state index contributed by atoms with van der Waals surface area (Å²) in [5.41, 5.74) is 2.34. The Kier molecular flexibility index (Phi) is 8.90. The number of ether oxygens (including phenoxy) is 3. The van der Waals surface area contributed by atoms with E-state index in [1.54, 1.807) is 33.1 Å². The fourth-order valence-corrected chi connectivity index (χ4v) is 5.26. The van der Waals surface area contributed by atoms with Gasteiger partial charge in [0.2, 0.25) is 5.88 Å². The van der Waals surface area contributed by atoms with E-state index in [0.717, 1.165) is 9.87 Å². The first kappa shape index (κ1) is 25.2. The maximum atomic E-state index is 13.7. The normalized spacial score (nSPS) is 11.5. The van der Waals surface area contributed by atoms with Gasteiger partial charge in [0.15, 0.2) is 0 Å². The van der Waals surface area contributed by atoms with Crippen molar-refractivity contribution in [3.63, 3.8) is 0 Å². The number of sulfonamides is 1. The molecule has 0 aliphatic rings. The second-order valence-corrected chi connectivity index (χ2v) is 9.94. The molecule has 2 aromatic carbocycles. The SMILES string of the molecule is COCCOCN(c1onc(C)c1C)S(=O)(=O)c1cc(OCCc2ccccc2)ccc1Br. The lowest BCUT2D eigenvalue weighted by Crippen LogP contribution is -2.34. The van der Waals surface area contributed by atoms with Gasteiger partial charge in [-0.2, -0.15) is 0 Å². The summed E-state index contributed by atoms with van der Waals surface area (Å²) in [6.07, 6.45) is 0.703. The van der Waals surface area contributed by atoms with Gasteiger partial charge in [-0.3, -0.25) is 0 Å². The van der Waals surface area contributed by atoms with E-state index >= 15 is 0 Å². The molecule has 10 heteroatoms. The molecule has 0 spiro atoms. The van der Waals surface area contributed by atoms with Crippen molar-refractivity contribution in [1.29, 1.82) is 0 Å². The number of aryl methyl sites for hydroxylation is 1. The molecule has 0 bridgehead atoms. The van der Waals surface area contributed by atoms with E-state index in [0.29, 0.717) is 41.1 Å². The number of rotatable bonds is 12. The highest BCUT2D eigenvalue weighted by Crippen LogP contribution is 2.33. The van der Waals surface area contributed by atoms with Gasteiger partial charge in [-0.05, 0) is 47.5 Å². The lowest BCUT2D eigenvalue weighted by atomic mass is 10.2. The molecule has 0 aliphatic heterocycles. The monoisotopic (exact) mass is 538 g/mol. The van der Waals surface area contributed by atoms with E-state index in [9.17, 15) is 8.42 Å². The first-order valence-electron chi connectivity index (χ1n) is 10.3. The van der Waals surface area contributed by atoms with Crippen molar-refractivity contribution in [2.24, 2.45) is 0 Å². The molecule has 0 N–H and O–H groups in total. The zero-order valence-electron chi connectivity index (χ0n) is 18.8. The van der Waals surface area contributed by atoms with Gasteiger partial charge in [-0.15, -0.1) is 0 Å². The fraction of sp³-hybridized carbons (Fsp3) is 0.348. The zero-order valence-corrected chi connectivity index (χ0v) is 21.2. The average molecular weight is 539 g/mol. The Bertz CT molecular complexity index is 1150. The third-order valence-corrected chi connectivity index (χ3v) is 7.67. The van der Waals surface area contributed by atoms with Gasteiger partial charge in [-0.25, -0.2) is 12.7 Å². The molecule has 33 heavy (non-hydrogen) atoms. The quantitative estimate of drug-likeness (QED) is 0.247. The molecule has 1 aromatic heterocycles. The third-order valence-electron chi connectivity index (χ3n) is 4.97. The molecule has 0 saturated heterocycles. The molecule has 0 fully saturated rings. The summed E-state index contributed by atoms with van der Waals surface area (Å²) in [4.78, 5) is 0.0310. The van der Waals surface area contributed by atoms with Crippen LogP contribution in [-0.2, 0) is 25.9 Å². The Balaban J connectivity index is 1.85. The molecule has 0 radical (unpaired) electrons. The van der Waals surface area contributed by atoms with Gasteiger partial charge in [-0.1, -0.05) is 35.5 Å². The van der Waals surface area contributed by atoms with Crippen LogP contribution in [0.5, 0.6) is 5.75 Å². The first-order chi connectivity index (χ1) is 15.8. The Labute approximate surface area is 202 Å². The molecule has 0 atom stereocenters. The maximum absolute atomic E-state index is 13.7. The largest absolute Gasteiger partial charge is 0.493 e. The summed E-state index contributed by atoms with van der Waals surface area (Å²) in [6.45, 7) is 4.20. The summed E-state index contributed by atoms with van der Waals surface area (Å²) in [6, 6.07) is 14.8. The van der Waals surface area contributed by atoms with Crippen LogP contribution in [0.1, 0.15) is 16.8 Å². The summed E-state index contributed by atoms with van der Waals surface area (Å²) in [5.74, 6) is 0.547. The number of hydrogen-bond acceptors (Lipinski definition) is 7. The molecular weight excluding hydrogens is 512 g/mol. The molecule has 8 nitrogen and oxygen atoms in total. The van der Waals surface area contributed by atoms with E-state index < -0.39 is 10.0 Å². The second kappa shape index (κ2) is 11.6. The number of anilines is 1. The Morgan fingerprint density at radius 3 is 2.48 bits per heavy atom. The smallest absolute Gasteiger partial charge is 0.269 e. The van der Waals surface area contributed by atoms with Crippen molar-refractivity contribution >= 4 is 31.8 Å². The summed E-state index contributed by atoms with van der Waals surface area (Å²) >= 11 is 3.36. The van der Waals surface area contributed by atoms with E-state index in [-0.39, 0.29) is 24.1 Å². The van der Waals surface area contributed by atoms with Crippen molar-refractivity contribution in [2.45, 2.75) is 25.2 Å². The predicted molar refractivity (Wildman–Crippen MR) is 128 cm³/mol. The van der Waals surface area contributed by atoms with E-state index in [4.69, 9.17) is 18.7 Å². The Morgan fingerprint density at radius 2 is 1.82 bits per heavy atom. The second-order valence-electron chi connectivity index (χ2n) is 7.26. The van der Waals surface area contributed by atoms with Crippen LogP contribution in [0, 0.1) is 13.8 Å². The Morgan fingerprint density at radius 1 is 1.06 bits per heavy atom. The number of aromatic nitrogens is 1. The minimum atomic E-state index is -4.07. The minimum Gasteiger partial charge on any atom is -0.493 e. The minimum absolute atomic E-state index is 0.0310. The predicted octanol–water partition coefficient (Wildman–Crippen LogP) is 4.49. The Hall–Kier alpha value is -2.40. The van der Waals surface area contributed by atoms with E-state index in [2.05, 4.69) is 21.1 Å². The van der Waals surface area contributed by atoms with Crippen LogP contribution in [0.2, 0.25) is 0 Å². The molecule has 0 amide bonds. The first-order valence-corrected chi connectivity index (χ1v) is 12.6. The highest BCUT2D eigenvalue weighted by Gasteiger charge is 2.32. The number of nitrogens with zero attached hydrogens (tertiary/aromatic N) is 2. The van der Waals surface area contributed by atoms with Gasteiger partial charge in [0.1, 0.15) is 17.4 Å². The van der Waals surface area contributed by atoms with Crippen LogP contribution in [0.3, 0.4) is 0 Å². The summed E-state index contributed by atoms with van der Waals surface area (Å²) < 4.78 is 50.5.